The smallest absolute Gasteiger partial charge is 0.252 e. The molecule has 0 saturated heterocycles. The van der Waals surface area contributed by atoms with E-state index in [9.17, 15) is 0 Å². The summed E-state index contributed by atoms with van der Waals surface area (Å²) in [6, 6.07) is 1.87. The second-order valence-electron chi connectivity index (χ2n) is 2.34. The Kier molecular flexibility index (Phi) is 3.55. The number of halogens is 1. The van der Waals surface area contributed by atoms with Gasteiger partial charge in [0.1, 0.15) is 12.4 Å². The average Bonchev–Trinajstić information content (AvgIpc) is 2.53. The van der Waals surface area contributed by atoms with Crippen molar-refractivity contribution in [1.82, 2.24) is 14.8 Å². The lowest BCUT2D eigenvalue weighted by molar-refractivity contribution is 0.570. The van der Waals surface area contributed by atoms with E-state index in [-0.39, 0.29) is 5.82 Å². The molecule has 0 aromatic carbocycles. The van der Waals surface area contributed by atoms with Crippen molar-refractivity contribution in [1.29, 1.82) is 5.26 Å². The maximum Gasteiger partial charge on any atom is 0.252 e. The number of unbranched alkanes of at least 4 members (excludes halogenated alkanes) is 1. The molecular formula is C7H9ClN4. The van der Waals surface area contributed by atoms with E-state index in [1.165, 1.54) is 0 Å². The summed E-state index contributed by atoms with van der Waals surface area (Å²) in [7, 11) is 0. The van der Waals surface area contributed by atoms with Crippen LogP contribution in [0.25, 0.3) is 0 Å². The molecule has 0 aliphatic heterocycles. The highest BCUT2D eigenvalue weighted by Crippen LogP contribution is 1.95. The topological polar surface area (TPSA) is 54.5 Å². The molecule has 1 aromatic heterocycles. The summed E-state index contributed by atoms with van der Waals surface area (Å²) >= 11 is 5.50. The third-order valence-corrected chi connectivity index (χ3v) is 1.67. The van der Waals surface area contributed by atoms with Crippen molar-refractivity contribution < 1.29 is 0 Å². The van der Waals surface area contributed by atoms with Gasteiger partial charge in [0.15, 0.2) is 0 Å². The van der Waals surface area contributed by atoms with Gasteiger partial charge in [0.05, 0.1) is 0 Å². The quantitative estimate of drug-likeness (QED) is 0.522. The van der Waals surface area contributed by atoms with Crippen LogP contribution in [0.5, 0.6) is 0 Å². The number of rotatable bonds is 4. The molecule has 1 heterocycles. The second-order valence-corrected chi connectivity index (χ2v) is 2.72. The lowest BCUT2D eigenvalue weighted by Gasteiger charge is -1.96. The Balaban J connectivity index is 2.38. The minimum Gasteiger partial charge on any atom is -0.252 e. The zero-order valence-electron chi connectivity index (χ0n) is 6.57. The lowest BCUT2D eigenvalue weighted by Crippen LogP contribution is -1.98. The molecule has 1 rings (SSSR count). The maximum atomic E-state index is 8.41. The fourth-order valence-corrected chi connectivity index (χ4v) is 1.01. The largest absolute Gasteiger partial charge is 0.252 e. The van der Waals surface area contributed by atoms with E-state index in [2.05, 4.69) is 10.1 Å². The Morgan fingerprint density at radius 2 is 2.42 bits per heavy atom. The van der Waals surface area contributed by atoms with Crippen LogP contribution in [0.4, 0.5) is 0 Å². The molecule has 0 N–H and O–H groups in total. The molecule has 1 aromatic rings. The predicted molar refractivity (Wildman–Crippen MR) is 44.7 cm³/mol. The maximum absolute atomic E-state index is 8.41. The Morgan fingerprint density at radius 3 is 3.00 bits per heavy atom. The van der Waals surface area contributed by atoms with Crippen LogP contribution in [0.15, 0.2) is 6.33 Å². The summed E-state index contributed by atoms with van der Waals surface area (Å²) in [6.07, 6.45) is 3.49. The monoisotopic (exact) mass is 184 g/mol. The van der Waals surface area contributed by atoms with Gasteiger partial charge in [-0.05, 0) is 12.8 Å². The van der Waals surface area contributed by atoms with Crippen LogP contribution in [-0.2, 0) is 6.54 Å². The molecule has 0 amide bonds. The molecule has 0 aliphatic carbocycles. The minimum absolute atomic E-state index is 0.223. The number of hydrogen-bond donors (Lipinski definition) is 0. The molecule has 64 valence electrons. The van der Waals surface area contributed by atoms with E-state index in [0.717, 1.165) is 19.4 Å². The molecular weight excluding hydrogens is 176 g/mol. The summed E-state index contributed by atoms with van der Waals surface area (Å²) in [5.74, 6) is 0.890. The van der Waals surface area contributed by atoms with Crippen LogP contribution in [-0.4, -0.2) is 20.6 Å². The number of nitriles is 1. The number of hydrogen-bond acceptors (Lipinski definition) is 3. The summed E-state index contributed by atoms with van der Waals surface area (Å²) in [5.41, 5.74) is 0. The van der Waals surface area contributed by atoms with Crippen LogP contribution in [0.1, 0.15) is 18.7 Å². The van der Waals surface area contributed by atoms with Gasteiger partial charge in [0.25, 0.3) is 5.82 Å². The van der Waals surface area contributed by atoms with Crippen molar-refractivity contribution in [2.24, 2.45) is 0 Å². The van der Waals surface area contributed by atoms with Crippen LogP contribution < -0.4 is 0 Å². The number of aryl methyl sites for hydroxylation is 1. The molecule has 4 nitrogen and oxygen atoms in total. The first-order valence-corrected chi connectivity index (χ1v) is 4.26. The fraction of sp³-hybridized carbons (Fsp3) is 0.571. The number of aromatic nitrogens is 3. The molecule has 0 radical (unpaired) electrons. The molecule has 0 bridgehead atoms. The highest BCUT2D eigenvalue weighted by Gasteiger charge is 1.97. The van der Waals surface area contributed by atoms with E-state index in [4.69, 9.17) is 16.9 Å². The van der Waals surface area contributed by atoms with Gasteiger partial charge < -0.3 is 0 Å². The van der Waals surface area contributed by atoms with Crippen LogP contribution >= 0.6 is 11.6 Å². The molecule has 12 heavy (non-hydrogen) atoms. The second kappa shape index (κ2) is 4.73. The third-order valence-electron chi connectivity index (χ3n) is 1.41. The molecule has 0 aliphatic rings. The number of alkyl halides is 1. The Labute approximate surface area is 75.8 Å². The van der Waals surface area contributed by atoms with Gasteiger partial charge in [0, 0.05) is 12.4 Å². The van der Waals surface area contributed by atoms with Crippen molar-refractivity contribution in [3.8, 4) is 6.07 Å². The first kappa shape index (κ1) is 9.01. The standard InChI is InChI=1S/C7H9ClN4/c8-3-1-2-4-12-6-10-7(5-9)11-12/h6H,1-4H2. The molecule has 0 unspecified atom stereocenters. The zero-order valence-corrected chi connectivity index (χ0v) is 7.33. The first-order valence-electron chi connectivity index (χ1n) is 3.72. The molecule has 5 heteroatoms. The van der Waals surface area contributed by atoms with Crippen molar-refractivity contribution in [3.05, 3.63) is 12.2 Å². The Hall–Kier alpha value is -1.08. The molecule has 0 saturated carbocycles. The molecule has 0 atom stereocenters. The third kappa shape index (κ3) is 2.51. The molecule has 0 spiro atoms. The van der Waals surface area contributed by atoms with Crippen LogP contribution in [0.3, 0.4) is 0 Å². The average molecular weight is 185 g/mol. The van der Waals surface area contributed by atoms with Gasteiger partial charge in [-0.3, -0.25) is 4.68 Å². The van der Waals surface area contributed by atoms with Crippen molar-refractivity contribution in [2.45, 2.75) is 19.4 Å². The van der Waals surface area contributed by atoms with Gasteiger partial charge in [-0.25, -0.2) is 4.98 Å². The molecule has 0 fully saturated rings. The Bertz CT molecular complexity index is 275. The van der Waals surface area contributed by atoms with E-state index in [0.29, 0.717) is 5.88 Å². The van der Waals surface area contributed by atoms with E-state index in [1.54, 1.807) is 11.0 Å². The normalized spacial score (nSPS) is 9.67. The highest BCUT2D eigenvalue weighted by atomic mass is 35.5. The van der Waals surface area contributed by atoms with Crippen LogP contribution in [0, 0.1) is 11.3 Å². The van der Waals surface area contributed by atoms with Crippen LogP contribution in [0.2, 0.25) is 0 Å². The highest BCUT2D eigenvalue weighted by molar-refractivity contribution is 6.17. The summed E-state index contributed by atoms with van der Waals surface area (Å²) in [4.78, 5) is 3.77. The van der Waals surface area contributed by atoms with Gasteiger partial charge in [-0.1, -0.05) is 0 Å². The SMILES string of the molecule is N#Cc1ncn(CCCCCl)n1. The summed E-state index contributed by atoms with van der Waals surface area (Å²) < 4.78 is 1.66. The van der Waals surface area contributed by atoms with Gasteiger partial charge >= 0.3 is 0 Å². The van der Waals surface area contributed by atoms with Gasteiger partial charge in [-0.15, -0.1) is 16.7 Å². The van der Waals surface area contributed by atoms with Crippen molar-refractivity contribution in [3.63, 3.8) is 0 Å². The van der Waals surface area contributed by atoms with Gasteiger partial charge in [0.2, 0.25) is 0 Å². The first-order chi connectivity index (χ1) is 5.86. The fourth-order valence-electron chi connectivity index (χ4n) is 0.822. The lowest BCUT2D eigenvalue weighted by atomic mass is 10.3. The van der Waals surface area contributed by atoms with E-state index < -0.39 is 0 Å². The van der Waals surface area contributed by atoms with E-state index in [1.807, 2.05) is 6.07 Å². The number of nitrogens with zero attached hydrogens (tertiary/aromatic N) is 4. The Morgan fingerprint density at radius 1 is 1.58 bits per heavy atom. The predicted octanol–water partition coefficient (Wildman–Crippen LogP) is 1.17. The zero-order chi connectivity index (χ0) is 8.81. The van der Waals surface area contributed by atoms with Crippen molar-refractivity contribution in [2.75, 3.05) is 5.88 Å². The summed E-state index contributed by atoms with van der Waals surface area (Å²) in [6.45, 7) is 0.779. The van der Waals surface area contributed by atoms with Crippen molar-refractivity contribution >= 4 is 11.6 Å². The van der Waals surface area contributed by atoms with E-state index >= 15 is 0 Å². The minimum atomic E-state index is 0.223. The van der Waals surface area contributed by atoms with Gasteiger partial charge in [-0.2, -0.15) is 5.26 Å². The summed E-state index contributed by atoms with van der Waals surface area (Å²) in [5, 5.41) is 12.3.